The van der Waals surface area contributed by atoms with E-state index in [4.69, 9.17) is 15.2 Å². The molecular weight excluding hydrogens is 513 g/mol. The zero-order valence-corrected chi connectivity index (χ0v) is 23.6. The maximum Gasteiger partial charge on any atom is 0.256 e. The highest BCUT2D eigenvalue weighted by molar-refractivity contribution is 6.20. The molecular formula is C30H46FN5O4. The summed E-state index contributed by atoms with van der Waals surface area (Å²) in [6.07, 6.45) is 8.34. The molecule has 0 aromatic rings. The quantitative estimate of drug-likeness (QED) is 0.483. The van der Waals surface area contributed by atoms with Crippen LogP contribution in [-0.2, 0) is 19.1 Å². The molecule has 3 saturated heterocycles. The molecule has 10 heteroatoms. The Labute approximate surface area is 236 Å². The molecule has 0 bridgehead atoms. The molecule has 3 aliphatic carbocycles. The van der Waals surface area contributed by atoms with Crippen LogP contribution in [0.5, 0.6) is 0 Å². The number of nitrogens with two attached hydrogens (primary N) is 1. The zero-order chi connectivity index (χ0) is 27.4. The standard InChI is InChI=1S/C30H46FN5O4/c31-23-15-21-26-29(27(23)35-7-5-20(32)16-35)40-25-14-19-4-2-1-3-18(19)13-24(25)36(26)17-22(28(21)37)30(38)33-6-8-34-9-11-39-12-10-34/h17-21,23-27,29H,1-16,32H2,(H,33,38)/t18?,19?,20-,21?,23?,24?,25?,26?,27?,29?/m1/s1. The Bertz CT molecular complexity index is 1010. The van der Waals surface area contributed by atoms with Crippen LogP contribution in [0.2, 0.25) is 0 Å². The summed E-state index contributed by atoms with van der Waals surface area (Å²) in [6.45, 7) is 5.75. The molecule has 7 rings (SSSR count). The monoisotopic (exact) mass is 559 g/mol. The van der Waals surface area contributed by atoms with E-state index in [1.165, 1.54) is 25.7 Å². The SMILES string of the molecule is N[C@@H]1CCN(C2C(F)CC3C(=O)C(C(=O)NCCN4CCOCC4)=CN4C5CC6CCCCC6CC5OC2C34)C1. The summed E-state index contributed by atoms with van der Waals surface area (Å²) in [4.78, 5) is 34.1. The van der Waals surface area contributed by atoms with Gasteiger partial charge >= 0.3 is 0 Å². The molecule has 10 atom stereocenters. The topological polar surface area (TPSA) is 100 Å². The number of hydrogen-bond donors (Lipinski definition) is 2. The van der Waals surface area contributed by atoms with Crippen molar-refractivity contribution >= 4 is 11.7 Å². The maximum absolute atomic E-state index is 16.1. The Morgan fingerprint density at radius 1 is 1.05 bits per heavy atom. The van der Waals surface area contributed by atoms with Crippen molar-refractivity contribution in [3.8, 4) is 0 Å². The van der Waals surface area contributed by atoms with Crippen molar-refractivity contribution in [2.75, 3.05) is 52.5 Å². The van der Waals surface area contributed by atoms with Crippen molar-refractivity contribution in [2.45, 2.75) is 93.9 Å². The molecule has 6 fully saturated rings. The smallest absolute Gasteiger partial charge is 0.256 e. The van der Waals surface area contributed by atoms with Crippen LogP contribution < -0.4 is 11.1 Å². The minimum absolute atomic E-state index is 0.000380. The number of nitrogens with one attached hydrogen (secondary N) is 1. The number of ether oxygens (including phenoxy) is 2. The molecule has 9 nitrogen and oxygen atoms in total. The van der Waals surface area contributed by atoms with Gasteiger partial charge in [-0.3, -0.25) is 19.4 Å². The number of carbonyl (C=O) groups is 2. The average molecular weight is 560 g/mol. The van der Waals surface area contributed by atoms with Crippen molar-refractivity contribution < 1.29 is 23.5 Å². The average Bonchev–Trinajstić information content (AvgIpc) is 3.39. The number of likely N-dealkylation sites (tertiary alicyclic amines) is 1. The number of halogens is 1. The number of nitrogens with zero attached hydrogens (tertiary/aromatic N) is 3. The minimum atomic E-state index is -1.19. The number of alkyl halides is 1. The van der Waals surface area contributed by atoms with Gasteiger partial charge in [-0.05, 0) is 37.5 Å². The van der Waals surface area contributed by atoms with E-state index >= 15 is 4.39 Å². The normalized spacial score (nSPS) is 43.9. The third-order valence-corrected chi connectivity index (χ3v) is 11.2. The molecule has 4 heterocycles. The number of ketones is 1. The van der Waals surface area contributed by atoms with E-state index in [0.29, 0.717) is 38.1 Å². The van der Waals surface area contributed by atoms with Gasteiger partial charge in [-0.2, -0.15) is 0 Å². The summed E-state index contributed by atoms with van der Waals surface area (Å²) < 4.78 is 28.5. The van der Waals surface area contributed by atoms with E-state index in [1.807, 2.05) is 6.20 Å². The van der Waals surface area contributed by atoms with Crippen LogP contribution in [0, 0.1) is 17.8 Å². The molecule has 0 aromatic carbocycles. The number of rotatable bonds is 5. The van der Waals surface area contributed by atoms with E-state index in [-0.39, 0.29) is 47.9 Å². The van der Waals surface area contributed by atoms with Gasteiger partial charge in [0.2, 0.25) is 0 Å². The van der Waals surface area contributed by atoms with Crippen molar-refractivity contribution in [3.63, 3.8) is 0 Å². The van der Waals surface area contributed by atoms with Gasteiger partial charge in [-0.25, -0.2) is 4.39 Å². The summed E-state index contributed by atoms with van der Waals surface area (Å²) in [5, 5.41) is 3.00. The molecule has 7 aliphatic rings. The Hall–Kier alpha value is -1.59. The second kappa shape index (κ2) is 11.2. The summed E-state index contributed by atoms with van der Waals surface area (Å²) in [7, 11) is 0. The van der Waals surface area contributed by atoms with Crippen LogP contribution in [0.25, 0.3) is 0 Å². The molecule has 3 saturated carbocycles. The van der Waals surface area contributed by atoms with Crippen molar-refractivity contribution in [1.82, 2.24) is 20.0 Å². The number of fused-ring (bicyclic) bond motifs is 3. The molecule has 3 N–H and O–H groups in total. The first-order valence-electron chi connectivity index (χ1n) is 15.9. The van der Waals surface area contributed by atoms with Gasteiger partial charge < -0.3 is 25.4 Å². The van der Waals surface area contributed by atoms with E-state index in [0.717, 1.165) is 45.4 Å². The summed E-state index contributed by atoms with van der Waals surface area (Å²) >= 11 is 0. The Morgan fingerprint density at radius 3 is 2.58 bits per heavy atom. The van der Waals surface area contributed by atoms with Crippen LogP contribution in [0.4, 0.5) is 4.39 Å². The molecule has 0 spiro atoms. The lowest BCUT2D eigenvalue weighted by molar-refractivity contribution is -0.219. The molecule has 222 valence electrons. The fourth-order valence-corrected chi connectivity index (χ4v) is 9.20. The number of Topliss-reactive ketones (excluding diaryl/α,β-unsaturated/α-hetero) is 1. The highest BCUT2D eigenvalue weighted by Gasteiger charge is 2.60. The summed E-state index contributed by atoms with van der Waals surface area (Å²) in [5.74, 6) is 0.204. The fraction of sp³-hybridized carbons (Fsp3) is 0.867. The molecule has 0 radical (unpaired) electrons. The van der Waals surface area contributed by atoms with Gasteiger partial charge in [-0.15, -0.1) is 0 Å². The number of amides is 1. The Balaban J connectivity index is 1.16. The molecule has 40 heavy (non-hydrogen) atoms. The first kappa shape index (κ1) is 27.3. The lowest BCUT2D eigenvalue weighted by Gasteiger charge is -2.61. The lowest BCUT2D eigenvalue weighted by atomic mass is 9.64. The van der Waals surface area contributed by atoms with Gasteiger partial charge in [0.15, 0.2) is 5.78 Å². The van der Waals surface area contributed by atoms with Crippen LogP contribution in [0.1, 0.15) is 51.4 Å². The van der Waals surface area contributed by atoms with Crippen molar-refractivity contribution in [2.24, 2.45) is 23.5 Å². The summed E-state index contributed by atoms with van der Waals surface area (Å²) in [5.41, 5.74) is 6.44. The van der Waals surface area contributed by atoms with Crippen LogP contribution in [0.3, 0.4) is 0 Å². The van der Waals surface area contributed by atoms with Crippen molar-refractivity contribution in [3.05, 3.63) is 11.8 Å². The molecule has 0 aromatic heterocycles. The van der Waals surface area contributed by atoms with Gasteiger partial charge in [0.25, 0.3) is 5.91 Å². The highest BCUT2D eigenvalue weighted by Crippen LogP contribution is 2.50. The predicted molar refractivity (Wildman–Crippen MR) is 147 cm³/mol. The molecule has 9 unspecified atom stereocenters. The third-order valence-electron chi connectivity index (χ3n) is 11.2. The Morgan fingerprint density at radius 2 is 1.82 bits per heavy atom. The van der Waals surface area contributed by atoms with E-state index in [1.54, 1.807) is 0 Å². The van der Waals surface area contributed by atoms with E-state index in [9.17, 15) is 9.59 Å². The van der Waals surface area contributed by atoms with Crippen LogP contribution >= 0.6 is 0 Å². The number of hydrogen-bond acceptors (Lipinski definition) is 8. The zero-order valence-electron chi connectivity index (χ0n) is 23.6. The maximum atomic E-state index is 16.1. The van der Waals surface area contributed by atoms with Gasteiger partial charge in [0.05, 0.1) is 49.1 Å². The van der Waals surface area contributed by atoms with Crippen LogP contribution in [0.15, 0.2) is 11.8 Å². The number of carbonyl (C=O) groups excluding carboxylic acids is 2. The lowest BCUT2D eigenvalue weighted by Crippen LogP contribution is -2.73. The molecule has 1 amide bonds. The second-order valence-corrected chi connectivity index (χ2v) is 13.4. The van der Waals surface area contributed by atoms with Gasteiger partial charge in [0, 0.05) is 57.4 Å². The van der Waals surface area contributed by atoms with Crippen molar-refractivity contribution in [1.29, 1.82) is 0 Å². The Kier molecular flexibility index (Phi) is 7.66. The highest BCUT2D eigenvalue weighted by atomic mass is 19.1. The van der Waals surface area contributed by atoms with E-state index < -0.39 is 24.2 Å². The largest absolute Gasteiger partial charge is 0.379 e. The molecule has 4 aliphatic heterocycles. The van der Waals surface area contributed by atoms with E-state index in [2.05, 4.69) is 20.0 Å². The predicted octanol–water partition coefficient (Wildman–Crippen LogP) is 1.07. The first-order valence-corrected chi connectivity index (χ1v) is 15.9. The third kappa shape index (κ3) is 4.91. The summed E-state index contributed by atoms with van der Waals surface area (Å²) in [6, 6.07) is -0.444. The number of morpholine rings is 2. The van der Waals surface area contributed by atoms with Gasteiger partial charge in [-0.1, -0.05) is 25.7 Å². The fourth-order valence-electron chi connectivity index (χ4n) is 9.20. The first-order chi connectivity index (χ1) is 19.5. The minimum Gasteiger partial charge on any atom is -0.379 e. The van der Waals surface area contributed by atoms with Crippen LogP contribution in [-0.4, -0.2) is 121 Å². The second-order valence-electron chi connectivity index (χ2n) is 13.4. The van der Waals surface area contributed by atoms with Gasteiger partial charge in [0.1, 0.15) is 6.17 Å².